The Bertz CT molecular complexity index is 4500. The predicted octanol–water partition coefficient (Wildman–Crippen LogP) is 19.9. The maximum absolute atomic E-state index is 7.13. The molecule has 0 fully saturated rings. The Balaban J connectivity index is 0.976. The fraction of sp³-hybridized carbons (Fsp3) is 0.233. The third kappa shape index (κ3) is 10.9. The normalized spacial score (nSPS) is 13.5. The molecular weight excluding hydrogens is 1160 g/mol. The topological polar surface area (TPSA) is 48.3 Å². The van der Waals surface area contributed by atoms with Crippen LogP contribution in [0, 0.1) is 39.5 Å². The number of aromatic nitrogens is 1. The van der Waals surface area contributed by atoms with E-state index < -0.39 is 0 Å². The monoisotopic (exact) mass is 1240 g/mol. The van der Waals surface area contributed by atoms with Crippen molar-refractivity contribution >= 4 is 102 Å². The number of aryl methyl sites for hydroxylation is 4. The van der Waals surface area contributed by atoms with Gasteiger partial charge in [-0.3, -0.25) is 0 Å². The average Bonchev–Trinajstić information content (AvgIpc) is 1.48. The molecule has 7 nitrogen and oxygen atoms in total. The molecule has 2 unspecified atom stereocenters. The zero-order valence-corrected chi connectivity index (χ0v) is 56.1. The lowest BCUT2D eigenvalue weighted by atomic mass is 9.35. The van der Waals surface area contributed by atoms with Gasteiger partial charge < -0.3 is 33.3 Å². The number of anilines is 6. The standard InChI is InChI=1S/C86H81B2N3O4/c1-9-13-23-58(11-3)43-60-33-35-75-69(45-60)70-46-61(44-59(12-4)24-14-10-2)34-36-76(70)91(75)66-48-64(89(62-39-54(5)37-55(6)40-62)67-50-81-85-82(51-67)93-78-30-20-16-26-72(78)87(85)71-25-15-19-29-77(71)92-81)47-65(49-66)90(63-41-56(7)38-57(8)42-63)68-52-83-86-84(53-68)95-80-32-22-18-28-74(80)88(86)73-27-17-21-31-79(73)94-83/h15-22,25-42,45-53,58-59H,9-14,23-24,43-44H2,1-8H3. The Morgan fingerprint density at radius 2 is 0.674 bits per heavy atom. The van der Waals surface area contributed by atoms with Gasteiger partial charge in [-0.05, 0) is 199 Å². The number of ether oxygens (including phenoxy) is 4. The van der Waals surface area contributed by atoms with Crippen LogP contribution in [0.15, 0.2) is 212 Å². The van der Waals surface area contributed by atoms with E-state index in [1.165, 1.54) is 84.3 Å². The van der Waals surface area contributed by atoms with Gasteiger partial charge in [-0.15, -0.1) is 0 Å². The van der Waals surface area contributed by atoms with Gasteiger partial charge in [0.15, 0.2) is 0 Å². The van der Waals surface area contributed by atoms with Crippen molar-refractivity contribution in [2.45, 2.75) is 120 Å². The van der Waals surface area contributed by atoms with Crippen molar-refractivity contribution in [2.75, 3.05) is 9.80 Å². The van der Waals surface area contributed by atoms with E-state index in [1.807, 2.05) is 0 Å². The first-order valence-electron chi connectivity index (χ1n) is 34.9. The van der Waals surface area contributed by atoms with E-state index >= 15 is 0 Å². The van der Waals surface area contributed by atoms with Gasteiger partial charge in [0.1, 0.15) is 46.0 Å². The number of unbranched alkanes of at least 4 members (excludes halogenated alkanes) is 2. The molecule has 11 aromatic carbocycles. The average molecular weight is 1240 g/mol. The van der Waals surface area contributed by atoms with Gasteiger partial charge in [0.2, 0.25) is 0 Å². The lowest BCUT2D eigenvalue weighted by molar-refractivity contribution is 0.449. The Morgan fingerprint density at radius 1 is 0.347 bits per heavy atom. The molecule has 0 aliphatic carbocycles. The van der Waals surface area contributed by atoms with E-state index in [0.29, 0.717) is 11.8 Å². The van der Waals surface area contributed by atoms with Gasteiger partial charge in [-0.25, -0.2) is 0 Å². The predicted molar refractivity (Wildman–Crippen MR) is 398 cm³/mol. The van der Waals surface area contributed by atoms with Gasteiger partial charge in [0.25, 0.3) is 13.4 Å². The van der Waals surface area contributed by atoms with E-state index in [9.17, 15) is 0 Å². The first-order valence-corrected chi connectivity index (χ1v) is 34.9. The maximum atomic E-state index is 7.13. The van der Waals surface area contributed by atoms with Crippen LogP contribution in [0.25, 0.3) is 27.5 Å². The fourth-order valence-electron chi connectivity index (χ4n) is 16.2. The Morgan fingerprint density at radius 3 is 1.01 bits per heavy atom. The first kappa shape index (κ1) is 60.1. The SMILES string of the molecule is CCCCC(CC)Cc1ccc2c(c1)c1cc(CC(CC)CCCC)ccc1n2-c1cc(N(c2cc(C)cc(C)c2)c2cc3c4c(c2)Oc2ccccc2B4c2ccccc2O3)cc(N(c2cc(C)cc(C)c2)c2cc3c4c(c2)Oc2ccccc2B4c2ccccc2O3)c1. The van der Waals surface area contributed by atoms with Crippen LogP contribution in [-0.4, -0.2) is 18.0 Å². The number of fused-ring (bicyclic) bond motifs is 11. The summed E-state index contributed by atoms with van der Waals surface area (Å²) in [5.74, 6) is 7.74. The summed E-state index contributed by atoms with van der Waals surface area (Å²) >= 11 is 0. The van der Waals surface area contributed by atoms with E-state index in [-0.39, 0.29) is 13.4 Å². The molecule has 0 saturated heterocycles. The maximum Gasteiger partial charge on any atom is 0.260 e. The number of benzene rings is 11. The minimum absolute atomic E-state index is 0.0725. The molecule has 0 saturated carbocycles. The third-order valence-electron chi connectivity index (χ3n) is 20.7. The van der Waals surface area contributed by atoms with Crippen molar-refractivity contribution in [1.29, 1.82) is 0 Å². The van der Waals surface area contributed by atoms with Crippen molar-refractivity contribution in [2.24, 2.45) is 11.8 Å². The highest BCUT2D eigenvalue weighted by atomic mass is 16.5. The highest BCUT2D eigenvalue weighted by Crippen LogP contribution is 2.49. The smallest absolute Gasteiger partial charge is 0.260 e. The van der Waals surface area contributed by atoms with Crippen molar-refractivity contribution in [3.8, 4) is 51.7 Å². The van der Waals surface area contributed by atoms with Crippen LogP contribution < -0.4 is 61.5 Å². The Hall–Kier alpha value is -9.85. The number of hydrogen-bond donors (Lipinski definition) is 0. The first-order chi connectivity index (χ1) is 46.5. The summed E-state index contributed by atoms with van der Waals surface area (Å²) in [6, 6.07) is 78.7. The van der Waals surface area contributed by atoms with Crippen molar-refractivity contribution < 1.29 is 18.9 Å². The zero-order valence-electron chi connectivity index (χ0n) is 56.1. The fourth-order valence-corrected chi connectivity index (χ4v) is 16.2. The lowest BCUT2D eigenvalue weighted by Crippen LogP contribution is -2.57. The van der Waals surface area contributed by atoms with Gasteiger partial charge in [-0.1, -0.05) is 176 Å². The summed E-state index contributed by atoms with van der Waals surface area (Å²) < 4.78 is 31.1. The minimum atomic E-state index is -0.0725. The molecule has 0 spiro atoms. The summed E-state index contributed by atoms with van der Waals surface area (Å²) in [5, 5.41) is 2.57. The minimum Gasteiger partial charge on any atom is -0.458 e. The van der Waals surface area contributed by atoms with Gasteiger partial charge in [0.05, 0.1) is 39.5 Å². The van der Waals surface area contributed by atoms with Gasteiger partial charge >= 0.3 is 0 Å². The molecule has 16 rings (SSSR count). The van der Waals surface area contributed by atoms with Gasteiger partial charge in [0, 0.05) is 57.3 Å². The van der Waals surface area contributed by atoms with E-state index in [2.05, 4.69) is 282 Å². The van der Waals surface area contributed by atoms with Gasteiger partial charge in [-0.2, -0.15) is 0 Å². The molecule has 5 heterocycles. The van der Waals surface area contributed by atoms with Crippen LogP contribution in [0.4, 0.5) is 34.1 Å². The molecule has 2 atom stereocenters. The van der Waals surface area contributed by atoms with Crippen molar-refractivity contribution in [3.63, 3.8) is 0 Å². The highest BCUT2D eigenvalue weighted by molar-refractivity contribution is 6.99. The van der Waals surface area contributed by atoms with E-state index in [1.54, 1.807) is 0 Å². The van der Waals surface area contributed by atoms with Crippen molar-refractivity contribution in [3.05, 3.63) is 246 Å². The van der Waals surface area contributed by atoms with Crippen LogP contribution >= 0.6 is 0 Å². The molecule has 9 heteroatoms. The molecule has 0 amide bonds. The molecular formula is C86H81B2N3O4. The Kier molecular flexibility index (Phi) is 15.7. The van der Waals surface area contributed by atoms with Crippen molar-refractivity contribution in [1.82, 2.24) is 4.57 Å². The Labute approximate surface area is 561 Å². The molecule has 12 aromatic rings. The van der Waals surface area contributed by atoms with E-state index in [0.717, 1.165) is 154 Å². The van der Waals surface area contributed by atoms with Crippen LogP contribution in [0.5, 0.6) is 46.0 Å². The van der Waals surface area contributed by atoms with Crippen LogP contribution in [0.3, 0.4) is 0 Å². The quantitative estimate of drug-likeness (QED) is 0.0752. The molecule has 0 bridgehead atoms. The number of nitrogens with zero attached hydrogens (tertiary/aromatic N) is 3. The molecule has 95 heavy (non-hydrogen) atoms. The molecule has 0 N–H and O–H groups in total. The van der Waals surface area contributed by atoms with E-state index in [4.69, 9.17) is 18.9 Å². The summed E-state index contributed by atoms with van der Waals surface area (Å²) in [6.07, 6.45) is 11.9. The van der Waals surface area contributed by atoms with Crippen LogP contribution in [0.1, 0.15) is 112 Å². The largest absolute Gasteiger partial charge is 0.458 e. The van der Waals surface area contributed by atoms with Crippen LogP contribution in [-0.2, 0) is 12.8 Å². The third-order valence-corrected chi connectivity index (χ3v) is 20.7. The second-order valence-electron chi connectivity index (χ2n) is 27.5. The second kappa shape index (κ2) is 24.8. The molecule has 0 radical (unpaired) electrons. The zero-order chi connectivity index (χ0) is 64.6. The summed E-state index contributed by atoms with van der Waals surface area (Å²) in [6.45, 7) is 18.0. The molecule has 1 aromatic heterocycles. The summed E-state index contributed by atoms with van der Waals surface area (Å²) in [4.78, 5) is 4.86. The van der Waals surface area contributed by atoms with Crippen LogP contribution in [0.2, 0.25) is 0 Å². The molecule has 4 aliphatic heterocycles. The lowest BCUT2D eigenvalue weighted by Gasteiger charge is -2.36. The summed E-state index contributed by atoms with van der Waals surface area (Å²) in [7, 11) is 0. The summed E-state index contributed by atoms with van der Waals surface area (Å²) in [5.41, 5.74) is 23.1. The second-order valence-corrected chi connectivity index (χ2v) is 27.5. The number of rotatable bonds is 19. The number of hydrogen-bond acceptors (Lipinski definition) is 6. The highest BCUT2D eigenvalue weighted by Gasteiger charge is 2.43. The molecule has 470 valence electrons. The molecule has 4 aliphatic rings. The number of para-hydroxylation sites is 4.